The molecule has 1 aliphatic rings. The third-order valence-corrected chi connectivity index (χ3v) is 5.97. The van der Waals surface area contributed by atoms with Gasteiger partial charge in [-0.3, -0.25) is 0 Å². The van der Waals surface area contributed by atoms with Crippen LogP contribution in [0.2, 0.25) is 0 Å². The zero-order valence-electron chi connectivity index (χ0n) is 18.0. The summed E-state index contributed by atoms with van der Waals surface area (Å²) in [6.07, 6.45) is 5.76. The van der Waals surface area contributed by atoms with Gasteiger partial charge < -0.3 is 0 Å². The molecule has 7 heteroatoms. The van der Waals surface area contributed by atoms with Crippen LogP contribution in [0.1, 0.15) is 42.4 Å². The Bertz CT molecular complexity index is 1280. The van der Waals surface area contributed by atoms with Gasteiger partial charge in [0.2, 0.25) is 0 Å². The monoisotopic (exact) mass is 476 g/mol. The lowest BCUT2D eigenvalue weighted by Gasteiger charge is -2.21. The Balaban J connectivity index is 1.65. The van der Waals surface area contributed by atoms with Crippen molar-refractivity contribution >= 4 is 11.7 Å². The van der Waals surface area contributed by atoms with E-state index in [1.807, 2.05) is 12.2 Å². The van der Waals surface area contributed by atoms with Crippen molar-refractivity contribution in [3.8, 4) is 11.1 Å². The first-order valence-corrected chi connectivity index (χ1v) is 10.6. The minimum absolute atomic E-state index is 0.0144. The van der Waals surface area contributed by atoms with Crippen LogP contribution in [0.4, 0.5) is 30.7 Å². The Morgan fingerprint density at radius 3 is 2.00 bits per heavy atom. The molecule has 2 atom stereocenters. The molecule has 0 saturated carbocycles. The van der Waals surface area contributed by atoms with Gasteiger partial charge in [-0.1, -0.05) is 37.3 Å². The summed E-state index contributed by atoms with van der Waals surface area (Å²) in [6, 6.07) is 7.56. The highest BCUT2D eigenvalue weighted by Crippen LogP contribution is 2.36. The lowest BCUT2D eigenvalue weighted by atomic mass is 9.85. The number of allylic oxidation sites excluding steroid dienone is 2. The third-order valence-electron chi connectivity index (χ3n) is 5.97. The van der Waals surface area contributed by atoms with Crippen LogP contribution in [0, 0.1) is 35.0 Å². The fraction of sp³-hybridized carbons (Fsp3) is 0.185. The van der Waals surface area contributed by atoms with Crippen LogP contribution >= 0.6 is 0 Å². The van der Waals surface area contributed by atoms with Crippen molar-refractivity contribution in [1.82, 2.24) is 0 Å². The van der Waals surface area contributed by atoms with Crippen LogP contribution in [0.25, 0.3) is 22.8 Å². The van der Waals surface area contributed by atoms with Crippen LogP contribution in [-0.2, 0) is 0 Å². The summed E-state index contributed by atoms with van der Waals surface area (Å²) in [5, 5.41) is 0. The van der Waals surface area contributed by atoms with Crippen molar-refractivity contribution in [2.24, 2.45) is 5.92 Å². The smallest absolute Gasteiger partial charge is 0.194 e. The fourth-order valence-electron chi connectivity index (χ4n) is 4.02. The van der Waals surface area contributed by atoms with Crippen molar-refractivity contribution < 1.29 is 30.7 Å². The molecule has 0 nitrogen and oxygen atoms in total. The van der Waals surface area contributed by atoms with E-state index >= 15 is 0 Å². The van der Waals surface area contributed by atoms with Gasteiger partial charge in [0.1, 0.15) is 11.6 Å². The van der Waals surface area contributed by atoms with Crippen LogP contribution in [0.15, 0.2) is 60.7 Å². The van der Waals surface area contributed by atoms with E-state index in [0.29, 0.717) is 29.7 Å². The maximum absolute atomic E-state index is 14.8. The largest absolute Gasteiger partial charge is 0.206 e. The normalized spacial score (nSPS) is 18.7. The summed E-state index contributed by atoms with van der Waals surface area (Å²) in [5.74, 6) is -9.42. The van der Waals surface area contributed by atoms with Gasteiger partial charge in [0, 0.05) is 22.6 Å². The first kappa shape index (κ1) is 23.8. The Morgan fingerprint density at radius 2 is 1.41 bits per heavy atom. The molecular weight excluding hydrogens is 457 g/mol. The van der Waals surface area contributed by atoms with Gasteiger partial charge in [-0.15, -0.1) is 0 Å². The van der Waals surface area contributed by atoms with Crippen molar-refractivity contribution in [1.29, 1.82) is 0 Å². The number of hydrogen-bond acceptors (Lipinski definition) is 0. The standard InChI is InChI=1S/C27H19F7/c1-14-2-4-15(5-3-14)16-6-9-20(22(29)10-16)26(33)25(32)17-7-8-19(21(28)11-17)18-12-23(30)27(34)24(31)13-18/h2,4,6-15H,3,5H2,1H3/b26-25+. The minimum Gasteiger partial charge on any atom is -0.206 e. The Morgan fingerprint density at radius 1 is 0.706 bits per heavy atom. The molecule has 4 rings (SSSR count). The lowest BCUT2D eigenvalue weighted by molar-refractivity contribution is 0.447. The van der Waals surface area contributed by atoms with E-state index in [-0.39, 0.29) is 17.0 Å². The molecule has 0 N–H and O–H groups in total. The lowest BCUT2D eigenvalue weighted by Crippen LogP contribution is -2.05. The summed E-state index contributed by atoms with van der Waals surface area (Å²) >= 11 is 0. The minimum atomic E-state index is -1.71. The molecule has 0 bridgehead atoms. The maximum Gasteiger partial charge on any atom is 0.194 e. The SMILES string of the molecule is CC1C=CC(c2ccc(/C(F)=C(\F)c3ccc(-c4cc(F)c(F)c(F)c4)c(F)c3)c(F)c2)CC1. The molecule has 34 heavy (non-hydrogen) atoms. The van der Waals surface area contributed by atoms with E-state index in [4.69, 9.17) is 0 Å². The summed E-state index contributed by atoms with van der Waals surface area (Å²) in [7, 11) is 0. The van der Waals surface area contributed by atoms with Crippen LogP contribution in [0.5, 0.6) is 0 Å². The maximum atomic E-state index is 14.8. The van der Waals surface area contributed by atoms with Crippen molar-refractivity contribution in [3.05, 3.63) is 106 Å². The van der Waals surface area contributed by atoms with E-state index in [2.05, 4.69) is 6.92 Å². The van der Waals surface area contributed by atoms with Gasteiger partial charge in [-0.05, 0) is 60.2 Å². The van der Waals surface area contributed by atoms with Crippen molar-refractivity contribution in [2.45, 2.75) is 25.7 Å². The number of rotatable bonds is 4. The summed E-state index contributed by atoms with van der Waals surface area (Å²) in [5.41, 5.74) is -1.17. The molecule has 3 aromatic carbocycles. The van der Waals surface area contributed by atoms with Crippen LogP contribution in [0.3, 0.4) is 0 Å². The predicted octanol–water partition coefficient (Wildman–Crippen LogP) is 8.88. The van der Waals surface area contributed by atoms with Gasteiger partial charge in [0.15, 0.2) is 29.1 Å². The number of hydrogen-bond donors (Lipinski definition) is 0. The first-order chi connectivity index (χ1) is 16.2. The molecule has 0 radical (unpaired) electrons. The molecule has 0 saturated heterocycles. The Kier molecular flexibility index (Phi) is 6.64. The molecular formula is C27H19F7. The molecule has 3 aromatic rings. The highest BCUT2D eigenvalue weighted by Gasteiger charge is 2.21. The highest BCUT2D eigenvalue weighted by atomic mass is 19.2. The molecule has 0 fully saturated rings. The predicted molar refractivity (Wildman–Crippen MR) is 117 cm³/mol. The van der Waals surface area contributed by atoms with E-state index in [1.54, 1.807) is 0 Å². The van der Waals surface area contributed by atoms with Crippen molar-refractivity contribution in [3.63, 3.8) is 0 Å². The average Bonchev–Trinajstić information content (AvgIpc) is 2.81. The number of halogens is 7. The number of benzene rings is 3. The van der Waals surface area contributed by atoms with Gasteiger partial charge >= 0.3 is 0 Å². The van der Waals surface area contributed by atoms with E-state index in [1.165, 1.54) is 6.07 Å². The molecule has 0 heterocycles. The molecule has 0 aliphatic heterocycles. The van der Waals surface area contributed by atoms with Gasteiger partial charge in [-0.25, -0.2) is 30.7 Å². The fourth-order valence-corrected chi connectivity index (χ4v) is 4.02. The average molecular weight is 476 g/mol. The van der Waals surface area contributed by atoms with Crippen molar-refractivity contribution in [2.75, 3.05) is 0 Å². The van der Waals surface area contributed by atoms with E-state index in [9.17, 15) is 30.7 Å². The second-order valence-electron chi connectivity index (χ2n) is 8.36. The zero-order chi connectivity index (χ0) is 24.6. The molecule has 0 amide bonds. The van der Waals surface area contributed by atoms with Gasteiger partial charge in [0.25, 0.3) is 0 Å². The van der Waals surface area contributed by atoms with E-state index < -0.39 is 51.9 Å². The molecule has 1 aliphatic carbocycles. The molecule has 176 valence electrons. The second-order valence-corrected chi connectivity index (χ2v) is 8.36. The molecule has 2 unspecified atom stereocenters. The quantitative estimate of drug-likeness (QED) is 0.153. The Hall–Kier alpha value is -3.35. The summed E-state index contributed by atoms with van der Waals surface area (Å²) in [4.78, 5) is 0. The molecule has 0 aromatic heterocycles. The zero-order valence-corrected chi connectivity index (χ0v) is 18.0. The highest BCUT2D eigenvalue weighted by molar-refractivity contribution is 5.84. The van der Waals surface area contributed by atoms with E-state index in [0.717, 1.165) is 37.1 Å². The third kappa shape index (κ3) is 4.65. The van der Waals surface area contributed by atoms with Gasteiger partial charge in [-0.2, -0.15) is 0 Å². The second kappa shape index (κ2) is 9.49. The molecule has 0 spiro atoms. The van der Waals surface area contributed by atoms with Gasteiger partial charge in [0.05, 0.1) is 0 Å². The first-order valence-electron chi connectivity index (χ1n) is 10.6. The van der Waals surface area contributed by atoms with Crippen LogP contribution in [-0.4, -0.2) is 0 Å². The van der Waals surface area contributed by atoms with Crippen LogP contribution < -0.4 is 0 Å². The Labute approximate surface area is 192 Å². The summed E-state index contributed by atoms with van der Waals surface area (Å²) in [6.45, 7) is 2.07. The topological polar surface area (TPSA) is 0 Å². The summed E-state index contributed by atoms with van der Waals surface area (Å²) < 4.78 is 98.9.